The molecular formula is C12H17ClN2O4S. The first kappa shape index (κ1) is 15.3. The highest BCUT2D eigenvalue weighted by atomic mass is 35.7. The van der Waals surface area contributed by atoms with E-state index in [-0.39, 0.29) is 22.0 Å². The van der Waals surface area contributed by atoms with Crippen molar-refractivity contribution in [2.75, 3.05) is 13.7 Å². The molecule has 8 heteroatoms. The molecule has 6 nitrogen and oxygen atoms in total. The Balaban J connectivity index is 2.28. The Kier molecular flexibility index (Phi) is 4.13. The van der Waals surface area contributed by atoms with Crippen LogP contribution >= 0.6 is 10.7 Å². The first-order chi connectivity index (χ1) is 9.25. The van der Waals surface area contributed by atoms with Gasteiger partial charge >= 0.3 is 0 Å². The molecule has 0 atom stereocenters. The van der Waals surface area contributed by atoms with Crippen molar-refractivity contribution in [3.05, 3.63) is 18.0 Å². The molecule has 112 valence electrons. The Morgan fingerprint density at radius 1 is 1.55 bits per heavy atom. The van der Waals surface area contributed by atoms with Crippen molar-refractivity contribution in [1.82, 2.24) is 9.88 Å². The minimum absolute atomic E-state index is 0.0821. The van der Waals surface area contributed by atoms with Crippen LogP contribution in [0.3, 0.4) is 0 Å². The number of halogens is 1. The molecule has 1 aliphatic rings. The zero-order chi connectivity index (χ0) is 15.0. The lowest BCUT2D eigenvalue weighted by molar-refractivity contribution is 0.0923. The lowest BCUT2D eigenvalue weighted by atomic mass is 10.3. The maximum Gasteiger partial charge on any atom is 0.268 e. The maximum absolute atomic E-state index is 12.2. The second-order valence-corrected chi connectivity index (χ2v) is 7.77. The molecule has 1 aromatic rings. The molecule has 1 N–H and O–H groups in total. The average molecular weight is 321 g/mol. The number of carbonyl (C=O) groups is 1. The van der Waals surface area contributed by atoms with Gasteiger partial charge in [-0.1, -0.05) is 0 Å². The molecule has 0 aliphatic heterocycles. The summed E-state index contributed by atoms with van der Waals surface area (Å²) in [6.07, 6.45) is 3.21. The van der Waals surface area contributed by atoms with Crippen molar-refractivity contribution >= 4 is 25.6 Å². The van der Waals surface area contributed by atoms with Crippen molar-refractivity contribution in [2.24, 2.45) is 0 Å². The minimum atomic E-state index is -3.86. The van der Waals surface area contributed by atoms with Gasteiger partial charge < -0.3 is 14.6 Å². The van der Waals surface area contributed by atoms with E-state index in [2.05, 4.69) is 5.32 Å². The van der Waals surface area contributed by atoms with E-state index in [0.29, 0.717) is 13.2 Å². The van der Waals surface area contributed by atoms with E-state index in [9.17, 15) is 13.2 Å². The molecule has 2 rings (SSSR count). The number of carbonyl (C=O) groups excluding carboxylic acids is 1. The molecule has 1 amide bonds. The second-order valence-electron chi connectivity index (χ2n) is 5.20. The summed E-state index contributed by atoms with van der Waals surface area (Å²) >= 11 is 0. The summed E-state index contributed by atoms with van der Waals surface area (Å²) in [5.41, 5.74) is 0.0994. The molecule has 1 heterocycles. The number of nitrogens with one attached hydrogen (secondary N) is 1. The third-order valence-corrected chi connectivity index (χ3v) is 4.66. The van der Waals surface area contributed by atoms with Crippen LogP contribution in [0.25, 0.3) is 0 Å². The Morgan fingerprint density at radius 2 is 2.20 bits per heavy atom. The van der Waals surface area contributed by atoms with Gasteiger partial charge in [-0.15, -0.1) is 0 Å². The molecule has 1 fully saturated rings. The summed E-state index contributed by atoms with van der Waals surface area (Å²) in [4.78, 5) is 12.1. The fourth-order valence-electron chi connectivity index (χ4n) is 1.83. The fourth-order valence-corrected chi connectivity index (χ4v) is 2.59. The number of methoxy groups -OCH3 is 1. The lowest BCUT2D eigenvalue weighted by Crippen LogP contribution is -2.35. The molecule has 0 bridgehead atoms. The number of amides is 1. The molecule has 0 unspecified atom stereocenters. The Morgan fingerprint density at radius 3 is 2.70 bits per heavy atom. The molecule has 0 aromatic carbocycles. The first-order valence-corrected chi connectivity index (χ1v) is 8.52. The van der Waals surface area contributed by atoms with Gasteiger partial charge in [0.1, 0.15) is 10.6 Å². The van der Waals surface area contributed by atoms with E-state index in [1.165, 1.54) is 19.4 Å². The van der Waals surface area contributed by atoms with Crippen LogP contribution in [-0.4, -0.2) is 38.1 Å². The van der Waals surface area contributed by atoms with Crippen LogP contribution in [0.15, 0.2) is 17.2 Å². The summed E-state index contributed by atoms with van der Waals surface area (Å²) in [5, 5.41) is 2.89. The van der Waals surface area contributed by atoms with Crippen molar-refractivity contribution in [1.29, 1.82) is 0 Å². The van der Waals surface area contributed by atoms with Crippen LogP contribution in [0.5, 0.6) is 0 Å². The normalized spacial score (nSPS) is 16.9. The van der Waals surface area contributed by atoms with Gasteiger partial charge in [-0.2, -0.15) is 0 Å². The molecule has 1 aromatic heterocycles. The van der Waals surface area contributed by atoms with Crippen molar-refractivity contribution in [2.45, 2.75) is 36.7 Å². The van der Waals surface area contributed by atoms with Gasteiger partial charge in [-0.3, -0.25) is 4.79 Å². The van der Waals surface area contributed by atoms with Gasteiger partial charge in [0.2, 0.25) is 0 Å². The van der Waals surface area contributed by atoms with E-state index in [4.69, 9.17) is 15.4 Å². The summed E-state index contributed by atoms with van der Waals surface area (Å²) in [7, 11) is 3.00. The number of hydrogen-bond acceptors (Lipinski definition) is 4. The zero-order valence-electron chi connectivity index (χ0n) is 11.3. The Hall–Kier alpha value is -1.05. The van der Waals surface area contributed by atoms with Crippen LogP contribution in [0.1, 0.15) is 30.3 Å². The van der Waals surface area contributed by atoms with Crippen LogP contribution in [-0.2, 0) is 20.3 Å². The number of rotatable bonds is 6. The molecule has 20 heavy (non-hydrogen) atoms. The topological polar surface area (TPSA) is 77.4 Å². The monoisotopic (exact) mass is 320 g/mol. The standard InChI is InChI=1S/C12H17ClN2O4S/c1-12(3-4-12)14-11(16)10-7-9(20(13,17)18)8-15(10)5-6-19-2/h7-8H,3-6H2,1-2H3,(H,14,16). The smallest absolute Gasteiger partial charge is 0.268 e. The highest BCUT2D eigenvalue weighted by Crippen LogP contribution is 2.34. The van der Waals surface area contributed by atoms with Crippen molar-refractivity contribution in [3.8, 4) is 0 Å². The number of ether oxygens (including phenoxy) is 1. The summed E-state index contributed by atoms with van der Waals surface area (Å²) < 4.78 is 29.3. The predicted molar refractivity (Wildman–Crippen MR) is 74.5 cm³/mol. The summed E-state index contributed by atoms with van der Waals surface area (Å²) in [6.45, 7) is 2.70. The Labute approximate surface area is 122 Å². The lowest BCUT2D eigenvalue weighted by Gasteiger charge is -2.13. The number of aromatic nitrogens is 1. The molecule has 0 saturated heterocycles. The highest BCUT2D eigenvalue weighted by molar-refractivity contribution is 8.13. The van der Waals surface area contributed by atoms with Crippen LogP contribution in [0, 0.1) is 0 Å². The molecule has 1 saturated carbocycles. The zero-order valence-corrected chi connectivity index (χ0v) is 12.9. The third kappa shape index (κ3) is 3.53. The molecule has 0 radical (unpaired) electrons. The summed E-state index contributed by atoms with van der Waals surface area (Å²) in [5.74, 6) is -0.298. The second kappa shape index (κ2) is 5.38. The van der Waals surface area contributed by atoms with Crippen molar-refractivity contribution < 1.29 is 17.9 Å². The van der Waals surface area contributed by atoms with Crippen LogP contribution in [0.2, 0.25) is 0 Å². The van der Waals surface area contributed by atoms with Crippen LogP contribution in [0.4, 0.5) is 0 Å². The van der Waals surface area contributed by atoms with E-state index < -0.39 is 9.05 Å². The van der Waals surface area contributed by atoms with Gasteiger partial charge in [0.25, 0.3) is 15.0 Å². The van der Waals surface area contributed by atoms with Gasteiger partial charge in [-0.25, -0.2) is 8.42 Å². The van der Waals surface area contributed by atoms with E-state index in [1.807, 2.05) is 6.92 Å². The third-order valence-electron chi connectivity index (χ3n) is 3.34. The van der Waals surface area contributed by atoms with Crippen LogP contribution < -0.4 is 5.32 Å². The number of hydrogen-bond donors (Lipinski definition) is 1. The quantitative estimate of drug-likeness (QED) is 0.802. The van der Waals surface area contributed by atoms with E-state index in [1.54, 1.807) is 4.57 Å². The van der Waals surface area contributed by atoms with Crippen molar-refractivity contribution in [3.63, 3.8) is 0 Å². The Bertz CT molecular complexity index is 619. The number of nitrogens with zero attached hydrogens (tertiary/aromatic N) is 1. The van der Waals surface area contributed by atoms with Gasteiger partial charge in [-0.05, 0) is 25.8 Å². The average Bonchev–Trinajstić information content (AvgIpc) is 2.91. The summed E-state index contributed by atoms with van der Waals surface area (Å²) in [6, 6.07) is 1.29. The van der Waals surface area contributed by atoms with E-state index >= 15 is 0 Å². The predicted octanol–water partition coefficient (Wildman–Crippen LogP) is 1.34. The first-order valence-electron chi connectivity index (χ1n) is 6.21. The SMILES string of the molecule is COCCn1cc(S(=O)(=O)Cl)cc1C(=O)NC1(C)CC1. The van der Waals surface area contributed by atoms with Gasteiger partial charge in [0.05, 0.1) is 6.61 Å². The maximum atomic E-state index is 12.2. The van der Waals surface area contributed by atoms with E-state index in [0.717, 1.165) is 12.8 Å². The molecular weight excluding hydrogens is 304 g/mol. The molecule has 1 aliphatic carbocycles. The van der Waals surface area contributed by atoms with Gasteiger partial charge in [0.15, 0.2) is 0 Å². The minimum Gasteiger partial charge on any atom is -0.383 e. The molecule has 0 spiro atoms. The highest BCUT2D eigenvalue weighted by Gasteiger charge is 2.39. The fraction of sp³-hybridized carbons (Fsp3) is 0.583. The van der Waals surface area contributed by atoms with Gasteiger partial charge in [0, 0.05) is 36.1 Å². The largest absolute Gasteiger partial charge is 0.383 e.